The second-order valence-corrected chi connectivity index (χ2v) is 7.09. The third-order valence-electron chi connectivity index (χ3n) is 4.78. The van der Waals surface area contributed by atoms with Crippen LogP contribution in [0.3, 0.4) is 0 Å². The summed E-state index contributed by atoms with van der Waals surface area (Å²) in [6.07, 6.45) is 0. The van der Waals surface area contributed by atoms with E-state index in [1.807, 2.05) is 19.1 Å². The number of carbonyl (C=O) groups excluding carboxylic acids is 2. The Kier molecular flexibility index (Phi) is 6.06. The van der Waals surface area contributed by atoms with Crippen LogP contribution in [0, 0.1) is 0 Å². The molecule has 0 saturated carbocycles. The lowest BCUT2D eigenvalue weighted by atomic mass is 9.99. The van der Waals surface area contributed by atoms with Crippen molar-refractivity contribution in [2.75, 3.05) is 10.6 Å². The normalized spacial score (nSPS) is 13.0. The van der Waals surface area contributed by atoms with Crippen molar-refractivity contribution >= 4 is 34.0 Å². The number of fused-ring (bicyclic) bond motifs is 1. The van der Waals surface area contributed by atoms with Crippen LogP contribution in [0.25, 0.3) is 10.8 Å². The highest BCUT2D eigenvalue weighted by Crippen LogP contribution is 2.22. The van der Waals surface area contributed by atoms with Gasteiger partial charge in [-0.15, -0.1) is 0 Å². The van der Waals surface area contributed by atoms with Crippen molar-refractivity contribution in [1.29, 1.82) is 0 Å². The van der Waals surface area contributed by atoms with Gasteiger partial charge in [-0.2, -0.15) is 0 Å². The molecule has 5 nitrogen and oxygen atoms in total. The summed E-state index contributed by atoms with van der Waals surface area (Å²) in [5.74, 6) is -0.179. The van der Waals surface area contributed by atoms with Crippen molar-refractivity contribution in [1.82, 2.24) is 0 Å². The van der Waals surface area contributed by atoms with Crippen LogP contribution in [0.4, 0.5) is 11.4 Å². The second-order valence-electron chi connectivity index (χ2n) is 7.09. The molecule has 4 N–H and O–H groups in total. The zero-order valence-electron chi connectivity index (χ0n) is 16.4. The Morgan fingerprint density at radius 1 is 0.821 bits per heavy atom. The number of carbonyl (C=O) groups is 2. The molecule has 0 aromatic heterocycles. The molecule has 0 fully saturated rings. The average Bonchev–Trinajstić information content (AvgIpc) is 2.68. The van der Waals surface area contributed by atoms with E-state index in [4.69, 9.17) is 0 Å². The number of anilines is 2. The van der Waals surface area contributed by atoms with Crippen molar-refractivity contribution in [2.45, 2.75) is 32.9 Å². The molecule has 144 valence electrons. The number of nitrogens with one attached hydrogen (secondary N) is 2. The molecule has 28 heavy (non-hydrogen) atoms. The smallest absolute Gasteiger partial charge is 0.282 e. The number of rotatable bonds is 6. The molecule has 3 aromatic rings. The highest BCUT2D eigenvalue weighted by molar-refractivity contribution is 5.94. The van der Waals surface area contributed by atoms with Gasteiger partial charge in [0.2, 0.25) is 5.91 Å². The van der Waals surface area contributed by atoms with Crippen LogP contribution in [0.1, 0.15) is 32.4 Å². The summed E-state index contributed by atoms with van der Waals surface area (Å²) in [5.41, 5.74) is 2.63. The average molecular weight is 376 g/mol. The van der Waals surface area contributed by atoms with E-state index in [2.05, 4.69) is 53.2 Å². The van der Waals surface area contributed by atoms with Gasteiger partial charge in [-0.05, 0) is 48.9 Å². The summed E-state index contributed by atoms with van der Waals surface area (Å²) < 4.78 is 0. The summed E-state index contributed by atoms with van der Waals surface area (Å²) in [7, 11) is 0. The van der Waals surface area contributed by atoms with Gasteiger partial charge >= 0.3 is 0 Å². The monoisotopic (exact) mass is 376 g/mol. The minimum absolute atomic E-state index is 0.0561. The van der Waals surface area contributed by atoms with E-state index in [0.29, 0.717) is 11.4 Å². The maximum absolute atomic E-state index is 12.6. The van der Waals surface area contributed by atoms with Crippen LogP contribution in [0.5, 0.6) is 0 Å². The van der Waals surface area contributed by atoms with Crippen LogP contribution in [-0.4, -0.2) is 17.9 Å². The lowest BCUT2D eigenvalue weighted by Gasteiger charge is -2.18. The predicted octanol–water partition coefficient (Wildman–Crippen LogP) is 3.45. The Morgan fingerprint density at radius 2 is 1.43 bits per heavy atom. The molecular weight excluding hydrogens is 350 g/mol. The number of nitrogens with two attached hydrogens (primary N) is 1. The maximum atomic E-state index is 12.6. The molecule has 0 saturated heterocycles. The van der Waals surface area contributed by atoms with Crippen LogP contribution in [0.2, 0.25) is 0 Å². The van der Waals surface area contributed by atoms with E-state index < -0.39 is 0 Å². The molecule has 3 rings (SSSR count). The molecule has 3 aromatic carbocycles. The van der Waals surface area contributed by atoms with Gasteiger partial charge in [-0.1, -0.05) is 42.5 Å². The van der Waals surface area contributed by atoms with E-state index in [9.17, 15) is 9.59 Å². The number of benzene rings is 3. The van der Waals surface area contributed by atoms with Crippen molar-refractivity contribution in [3.05, 3.63) is 72.3 Å². The lowest BCUT2D eigenvalue weighted by molar-refractivity contribution is -0.709. The molecule has 0 radical (unpaired) electrons. The van der Waals surface area contributed by atoms with Crippen molar-refractivity contribution in [3.63, 3.8) is 0 Å². The summed E-state index contributed by atoms with van der Waals surface area (Å²) in [5, 5.41) is 10.1. The van der Waals surface area contributed by atoms with Crippen LogP contribution in [0.15, 0.2) is 66.7 Å². The van der Waals surface area contributed by atoms with E-state index in [1.54, 1.807) is 24.3 Å². The largest absolute Gasteiger partial charge is 0.330 e. The number of hydrogen-bond acceptors (Lipinski definition) is 2. The third kappa shape index (κ3) is 4.75. The van der Waals surface area contributed by atoms with Crippen molar-refractivity contribution in [3.8, 4) is 0 Å². The fourth-order valence-electron chi connectivity index (χ4n) is 3.37. The second kappa shape index (κ2) is 8.67. The van der Waals surface area contributed by atoms with E-state index in [1.165, 1.54) is 23.3 Å². The summed E-state index contributed by atoms with van der Waals surface area (Å²) in [6, 6.07) is 21.6. The summed E-state index contributed by atoms with van der Waals surface area (Å²) >= 11 is 0. The Hall–Kier alpha value is -3.18. The lowest BCUT2D eigenvalue weighted by Crippen LogP contribution is -2.91. The molecule has 0 spiro atoms. The number of amides is 2. The first-order chi connectivity index (χ1) is 13.4. The van der Waals surface area contributed by atoms with Gasteiger partial charge in [-0.3, -0.25) is 9.59 Å². The quantitative estimate of drug-likeness (QED) is 0.616. The first kappa shape index (κ1) is 19.6. The van der Waals surface area contributed by atoms with Gasteiger partial charge in [-0.25, -0.2) is 0 Å². The minimum Gasteiger partial charge on any atom is -0.330 e. The molecule has 0 aliphatic carbocycles. The molecule has 0 bridgehead atoms. The van der Waals surface area contributed by atoms with Gasteiger partial charge in [0.05, 0.1) is 0 Å². The van der Waals surface area contributed by atoms with Gasteiger partial charge in [0.25, 0.3) is 5.91 Å². The molecule has 0 aliphatic rings. The van der Waals surface area contributed by atoms with Gasteiger partial charge in [0.15, 0.2) is 6.04 Å². The Labute approximate surface area is 165 Å². The van der Waals surface area contributed by atoms with Gasteiger partial charge < -0.3 is 16.0 Å². The molecule has 2 atom stereocenters. The molecule has 0 aliphatic heterocycles. The first-order valence-electron chi connectivity index (χ1n) is 9.45. The predicted molar refractivity (Wildman–Crippen MR) is 113 cm³/mol. The minimum atomic E-state index is -0.246. The number of quaternary nitrogens is 1. The van der Waals surface area contributed by atoms with Gasteiger partial charge in [0.1, 0.15) is 6.04 Å². The summed E-state index contributed by atoms with van der Waals surface area (Å²) in [6.45, 7) is 5.49. The Bertz CT molecular complexity index is 977. The third-order valence-corrected chi connectivity index (χ3v) is 4.78. The first-order valence-corrected chi connectivity index (χ1v) is 9.45. The Morgan fingerprint density at radius 3 is 2.11 bits per heavy atom. The fraction of sp³-hybridized carbons (Fsp3) is 0.217. The maximum Gasteiger partial charge on any atom is 0.282 e. The molecule has 0 heterocycles. The van der Waals surface area contributed by atoms with Crippen molar-refractivity contribution < 1.29 is 14.9 Å². The zero-order chi connectivity index (χ0) is 20.1. The van der Waals surface area contributed by atoms with E-state index >= 15 is 0 Å². The van der Waals surface area contributed by atoms with Crippen LogP contribution >= 0.6 is 0 Å². The zero-order valence-corrected chi connectivity index (χ0v) is 16.4. The topological polar surface area (TPSA) is 74.8 Å². The van der Waals surface area contributed by atoms with E-state index in [-0.39, 0.29) is 23.9 Å². The highest BCUT2D eigenvalue weighted by Gasteiger charge is 2.21. The Balaban J connectivity index is 1.64. The molecule has 0 unspecified atom stereocenters. The molecule has 2 amide bonds. The summed E-state index contributed by atoms with van der Waals surface area (Å²) in [4.78, 5) is 23.7. The van der Waals surface area contributed by atoms with Gasteiger partial charge in [0, 0.05) is 23.9 Å². The fourth-order valence-corrected chi connectivity index (χ4v) is 3.37. The van der Waals surface area contributed by atoms with Crippen molar-refractivity contribution in [2.24, 2.45) is 0 Å². The molecule has 5 heteroatoms. The SMILES string of the molecule is CC(=O)Nc1ccc(NC(=O)[C@@H](C)[NH2+][C@H](C)c2cccc3ccccc23)cc1. The van der Waals surface area contributed by atoms with Crippen LogP contribution in [-0.2, 0) is 9.59 Å². The standard InChI is InChI=1S/C23H25N3O2/c1-15(21-10-6-8-18-7-4-5-9-22(18)21)24-16(2)23(28)26-20-13-11-19(12-14-20)25-17(3)27/h4-16,24H,1-3H3,(H,25,27)(H,26,28)/p+1/t15-,16-/m1/s1. The highest BCUT2D eigenvalue weighted by atomic mass is 16.2. The number of hydrogen-bond donors (Lipinski definition) is 3. The van der Waals surface area contributed by atoms with Crippen LogP contribution < -0.4 is 16.0 Å². The van der Waals surface area contributed by atoms with E-state index in [0.717, 1.165) is 0 Å². The molecular formula is C23H26N3O2+.